The summed E-state index contributed by atoms with van der Waals surface area (Å²) < 4.78 is 0. The SMILES string of the molecule is C=Cc1ccc(-c2c3nc(c(-c4cc(C(C)(C)C)cc(C(C)(C)C)c4)c4ccc([nH]4)c(-c4cc(C(C)(C)C)cc(C(C)(C)C)c4)c4nc(c(-c5cc(C(C)(C)C)cc(C(C)(C)C)c5)c5ccc2[nH]5)C=C4)C=C3)cc1. The molecule has 9 rings (SSSR count). The number of aromatic amines is 2. The average molecular weight is 977 g/mol. The Kier molecular flexibility index (Phi) is 12.9. The zero-order valence-corrected chi connectivity index (χ0v) is 47.8. The van der Waals surface area contributed by atoms with Crippen LogP contribution in [0.5, 0.6) is 0 Å². The average Bonchev–Trinajstić information content (AvgIpc) is 4.16. The molecule has 4 nitrogen and oxygen atoms in total. The second-order valence-corrected chi connectivity index (χ2v) is 27.2. The zero-order valence-electron chi connectivity index (χ0n) is 47.8. The van der Waals surface area contributed by atoms with Crippen LogP contribution < -0.4 is 0 Å². The lowest BCUT2D eigenvalue weighted by Gasteiger charge is -2.26. The van der Waals surface area contributed by atoms with Crippen molar-refractivity contribution in [2.75, 3.05) is 0 Å². The molecule has 4 heteroatoms. The van der Waals surface area contributed by atoms with E-state index in [1.807, 2.05) is 6.08 Å². The molecular formula is C70H80N4. The second kappa shape index (κ2) is 18.3. The minimum Gasteiger partial charge on any atom is -0.354 e. The van der Waals surface area contributed by atoms with Crippen LogP contribution in [0.3, 0.4) is 0 Å². The Morgan fingerprint density at radius 1 is 0.311 bits per heavy atom. The molecule has 3 aromatic heterocycles. The van der Waals surface area contributed by atoms with E-state index in [0.717, 1.165) is 94.9 Å². The summed E-state index contributed by atoms with van der Waals surface area (Å²) in [6, 6.07) is 39.3. The summed E-state index contributed by atoms with van der Waals surface area (Å²) in [5.74, 6) is 0. The Hall–Kier alpha value is -6.78. The summed E-state index contributed by atoms with van der Waals surface area (Å²) in [7, 11) is 0. The third-order valence-electron chi connectivity index (χ3n) is 15.1. The number of hydrogen-bond acceptors (Lipinski definition) is 2. The van der Waals surface area contributed by atoms with Gasteiger partial charge >= 0.3 is 0 Å². The summed E-state index contributed by atoms with van der Waals surface area (Å²) in [5, 5.41) is 0. The van der Waals surface area contributed by atoms with Crippen molar-refractivity contribution in [2.45, 2.75) is 157 Å². The van der Waals surface area contributed by atoms with Crippen molar-refractivity contribution in [3.63, 3.8) is 0 Å². The highest BCUT2D eigenvalue weighted by molar-refractivity contribution is 6.00. The van der Waals surface area contributed by atoms with Crippen molar-refractivity contribution < 1.29 is 0 Å². The van der Waals surface area contributed by atoms with Crippen molar-refractivity contribution in [2.24, 2.45) is 0 Å². The Balaban J connectivity index is 1.53. The molecule has 74 heavy (non-hydrogen) atoms. The molecule has 0 radical (unpaired) electrons. The highest BCUT2D eigenvalue weighted by Gasteiger charge is 2.28. The maximum atomic E-state index is 5.80. The number of H-pyrrole nitrogens is 2. The fourth-order valence-electron chi connectivity index (χ4n) is 10.1. The van der Waals surface area contributed by atoms with Gasteiger partial charge in [0.1, 0.15) is 0 Å². The molecule has 2 aliphatic rings. The molecule has 8 bridgehead atoms. The number of rotatable bonds is 5. The summed E-state index contributed by atoms with van der Waals surface area (Å²) in [6.45, 7) is 45.7. The first-order valence-electron chi connectivity index (χ1n) is 26.8. The number of hydrogen-bond donors (Lipinski definition) is 2. The van der Waals surface area contributed by atoms with Crippen LogP contribution in [0.4, 0.5) is 0 Å². The van der Waals surface area contributed by atoms with Crippen LogP contribution in [0.1, 0.15) is 186 Å². The molecule has 7 aromatic rings. The topological polar surface area (TPSA) is 57.4 Å². The molecule has 0 aliphatic carbocycles. The fraction of sp³-hybridized carbons (Fsp3) is 0.343. The molecule has 0 fully saturated rings. The lowest BCUT2D eigenvalue weighted by molar-refractivity contribution is 0.568. The van der Waals surface area contributed by atoms with Gasteiger partial charge in [0.05, 0.1) is 22.8 Å². The van der Waals surface area contributed by atoms with E-state index < -0.39 is 0 Å². The van der Waals surface area contributed by atoms with Gasteiger partial charge in [-0.1, -0.05) is 216 Å². The van der Waals surface area contributed by atoms with E-state index in [4.69, 9.17) is 9.97 Å². The van der Waals surface area contributed by atoms with E-state index in [9.17, 15) is 0 Å². The maximum absolute atomic E-state index is 5.80. The molecule has 0 saturated carbocycles. The summed E-state index contributed by atoms with van der Waals surface area (Å²) in [6.07, 6.45) is 10.8. The largest absolute Gasteiger partial charge is 0.354 e. The predicted molar refractivity (Wildman–Crippen MR) is 323 cm³/mol. The monoisotopic (exact) mass is 977 g/mol. The van der Waals surface area contributed by atoms with E-state index in [1.54, 1.807) is 0 Å². The van der Waals surface area contributed by atoms with Crippen LogP contribution in [0.15, 0.2) is 110 Å². The van der Waals surface area contributed by atoms with Crippen molar-refractivity contribution in [1.29, 1.82) is 0 Å². The third-order valence-corrected chi connectivity index (χ3v) is 15.1. The quantitative estimate of drug-likeness (QED) is 0.181. The van der Waals surface area contributed by atoms with E-state index >= 15 is 0 Å². The number of fused-ring (bicyclic) bond motifs is 8. The first-order chi connectivity index (χ1) is 34.4. The number of nitrogens with zero attached hydrogens (tertiary/aromatic N) is 2. The smallest absolute Gasteiger partial charge is 0.0737 e. The van der Waals surface area contributed by atoms with Crippen LogP contribution in [0, 0.1) is 0 Å². The number of benzene rings is 4. The van der Waals surface area contributed by atoms with Crippen LogP contribution in [-0.2, 0) is 32.5 Å². The molecule has 0 amide bonds. The first kappa shape index (κ1) is 52.1. The van der Waals surface area contributed by atoms with Crippen LogP contribution in [0.2, 0.25) is 0 Å². The van der Waals surface area contributed by atoms with Gasteiger partial charge in [0.25, 0.3) is 0 Å². The van der Waals surface area contributed by atoms with Gasteiger partial charge < -0.3 is 9.97 Å². The highest BCUT2D eigenvalue weighted by atomic mass is 14.8. The molecule has 0 unspecified atom stereocenters. The molecule has 0 saturated heterocycles. The minimum absolute atomic E-state index is 0.0898. The molecule has 5 heterocycles. The van der Waals surface area contributed by atoms with Crippen LogP contribution in [0.25, 0.3) is 97.0 Å². The van der Waals surface area contributed by atoms with E-state index in [1.165, 1.54) is 33.4 Å². The summed E-state index contributed by atoms with van der Waals surface area (Å²) in [4.78, 5) is 19.6. The van der Waals surface area contributed by atoms with E-state index in [-0.39, 0.29) is 32.5 Å². The van der Waals surface area contributed by atoms with Crippen molar-refractivity contribution in [1.82, 2.24) is 19.9 Å². The van der Waals surface area contributed by atoms with Gasteiger partial charge in [0.15, 0.2) is 0 Å². The maximum Gasteiger partial charge on any atom is 0.0737 e. The van der Waals surface area contributed by atoms with Gasteiger partial charge in [0.2, 0.25) is 0 Å². The first-order valence-corrected chi connectivity index (χ1v) is 26.8. The van der Waals surface area contributed by atoms with Crippen molar-refractivity contribution in [3.05, 3.63) is 171 Å². The van der Waals surface area contributed by atoms with Crippen LogP contribution in [-0.4, -0.2) is 19.9 Å². The molecule has 2 N–H and O–H groups in total. The molecule has 2 aliphatic heterocycles. The van der Waals surface area contributed by atoms with Gasteiger partial charge in [0, 0.05) is 44.3 Å². The third kappa shape index (κ3) is 10.3. The van der Waals surface area contributed by atoms with E-state index in [0.29, 0.717) is 0 Å². The molecule has 380 valence electrons. The van der Waals surface area contributed by atoms with Gasteiger partial charge in [-0.05, 0) is 142 Å². The lowest BCUT2D eigenvalue weighted by Crippen LogP contribution is -2.16. The molecular weight excluding hydrogens is 897 g/mol. The van der Waals surface area contributed by atoms with Gasteiger partial charge in [-0.2, -0.15) is 0 Å². The van der Waals surface area contributed by atoms with Gasteiger partial charge in [-0.15, -0.1) is 0 Å². The Bertz CT molecular complexity index is 3420. The fourth-order valence-corrected chi connectivity index (χ4v) is 10.1. The van der Waals surface area contributed by atoms with Crippen LogP contribution >= 0.6 is 0 Å². The van der Waals surface area contributed by atoms with Crippen molar-refractivity contribution >= 4 is 52.4 Å². The number of nitrogens with one attached hydrogen (secondary N) is 2. The standard InChI is InChI=1S/C70H80N4/c1-20-42-21-23-43(24-22-42)61-53-25-27-55(71-53)62(44-33-47(65(2,3)4)39-48(34-44)66(5,6)7)57-29-31-59(73-57)64(46-37-51(69(14,15)16)41-52(38-46)70(17,18)19)60-32-30-58(74-60)63(56-28-26-54(61)72-56)45-35-49(67(8,9)10)40-50(36-45)68(11,12)13/h20-41,71,74H,1H2,2-19H3. The molecule has 0 spiro atoms. The highest BCUT2D eigenvalue weighted by Crippen LogP contribution is 2.44. The Morgan fingerprint density at radius 3 is 0.757 bits per heavy atom. The minimum atomic E-state index is -0.0933. The normalized spacial score (nSPS) is 13.5. The van der Waals surface area contributed by atoms with E-state index in [2.05, 4.69) is 269 Å². The van der Waals surface area contributed by atoms with Crippen molar-refractivity contribution in [3.8, 4) is 44.5 Å². The molecule has 4 aromatic carbocycles. The van der Waals surface area contributed by atoms with Gasteiger partial charge in [-0.25, -0.2) is 9.97 Å². The summed E-state index contributed by atoms with van der Waals surface area (Å²) in [5.41, 5.74) is 24.5. The summed E-state index contributed by atoms with van der Waals surface area (Å²) >= 11 is 0. The Morgan fingerprint density at radius 2 is 0.541 bits per heavy atom. The predicted octanol–water partition coefficient (Wildman–Crippen LogP) is 19.8. The lowest BCUT2D eigenvalue weighted by atomic mass is 9.78. The zero-order chi connectivity index (χ0) is 53.7. The second-order valence-electron chi connectivity index (χ2n) is 27.2. The number of aromatic nitrogens is 4. The Labute approximate surface area is 443 Å². The van der Waals surface area contributed by atoms with Gasteiger partial charge in [-0.3, -0.25) is 0 Å². The molecule has 0 atom stereocenters.